The summed E-state index contributed by atoms with van der Waals surface area (Å²) in [5.41, 5.74) is 3.62. The average Bonchev–Trinajstić information content (AvgIpc) is 2.69. The van der Waals surface area contributed by atoms with E-state index in [1.54, 1.807) is 11.9 Å². The third kappa shape index (κ3) is 5.17. The number of aryl methyl sites for hydroxylation is 2. The molecule has 152 valence electrons. The molecule has 0 atom stereocenters. The number of hydrogen-bond donors (Lipinski definition) is 1. The summed E-state index contributed by atoms with van der Waals surface area (Å²) in [6.07, 6.45) is 0.165. The Balaban J connectivity index is 1.55. The summed E-state index contributed by atoms with van der Waals surface area (Å²) in [6.45, 7) is 4.16. The summed E-state index contributed by atoms with van der Waals surface area (Å²) in [5.74, 6) is -0.0500. The van der Waals surface area contributed by atoms with E-state index in [1.807, 2.05) is 56.3 Å². The van der Waals surface area contributed by atoms with Crippen molar-refractivity contribution in [3.63, 3.8) is 0 Å². The topological polar surface area (TPSA) is 69.7 Å². The molecule has 3 rings (SSSR count). The van der Waals surface area contributed by atoms with Crippen LogP contribution < -0.4 is 10.2 Å². The Morgan fingerprint density at radius 1 is 1.17 bits per heavy atom. The molecule has 0 spiro atoms. The number of likely N-dealkylation sites (N-methyl/N-ethyl adjacent to an activating group) is 1. The Kier molecular flexibility index (Phi) is 6.59. The lowest BCUT2D eigenvalue weighted by Crippen LogP contribution is -2.40. The Hall–Kier alpha value is -2.80. The monoisotopic (exact) mass is 411 g/mol. The van der Waals surface area contributed by atoms with Crippen molar-refractivity contribution in [2.45, 2.75) is 25.2 Å². The smallest absolute Gasteiger partial charge is 0.243 e. The number of hydrogen-bond acceptors (Lipinski definition) is 4. The van der Waals surface area contributed by atoms with Crippen LogP contribution in [0.2, 0.25) is 0 Å². The second-order valence-electron chi connectivity index (χ2n) is 7.17. The minimum absolute atomic E-state index is 0.00295. The molecule has 1 heterocycles. The largest absolute Gasteiger partial charge is 0.336 e. The van der Waals surface area contributed by atoms with Crippen molar-refractivity contribution in [2.24, 2.45) is 0 Å². The van der Waals surface area contributed by atoms with Crippen LogP contribution in [0.25, 0.3) is 0 Å². The van der Waals surface area contributed by atoms with Crippen LogP contribution in [0.3, 0.4) is 0 Å². The molecule has 1 N–H and O–H groups in total. The van der Waals surface area contributed by atoms with Crippen molar-refractivity contribution in [3.05, 3.63) is 53.6 Å². The summed E-state index contributed by atoms with van der Waals surface area (Å²) in [7, 11) is 1.60. The third-order valence-electron chi connectivity index (χ3n) is 4.83. The SMILES string of the molecule is Cc1ccc(C)c(NC(=O)CN(C)C(=O)CCN2C(=O)CSc3ccccc32)c1. The highest BCUT2D eigenvalue weighted by molar-refractivity contribution is 8.00. The Morgan fingerprint density at radius 3 is 2.72 bits per heavy atom. The first kappa shape index (κ1) is 20.9. The van der Waals surface area contributed by atoms with Crippen LogP contribution in [0.4, 0.5) is 11.4 Å². The molecule has 0 aromatic heterocycles. The van der Waals surface area contributed by atoms with E-state index in [0.717, 1.165) is 27.4 Å². The molecule has 1 aliphatic heterocycles. The predicted octanol–water partition coefficient (Wildman–Crippen LogP) is 3.23. The van der Waals surface area contributed by atoms with Crippen LogP contribution in [-0.4, -0.2) is 48.5 Å². The number of para-hydroxylation sites is 1. The molecule has 0 unspecified atom stereocenters. The number of anilines is 2. The number of thioether (sulfide) groups is 1. The molecule has 2 aromatic carbocycles. The molecule has 0 bridgehead atoms. The lowest BCUT2D eigenvalue weighted by Gasteiger charge is -2.29. The first-order valence-corrected chi connectivity index (χ1v) is 10.5. The maximum atomic E-state index is 12.5. The summed E-state index contributed by atoms with van der Waals surface area (Å²) >= 11 is 1.51. The van der Waals surface area contributed by atoms with Gasteiger partial charge < -0.3 is 15.1 Å². The molecule has 0 fully saturated rings. The molecule has 0 saturated heterocycles. The zero-order valence-electron chi connectivity index (χ0n) is 16.9. The number of amides is 3. The van der Waals surface area contributed by atoms with Gasteiger partial charge in [0.25, 0.3) is 0 Å². The van der Waals surface area contributed by atoms with Crippen LogP contribution in [0.5, 0.6) is 0 Å². The Morgan fingerprint density at radius 2 is 1.93 bits per heavy atom. The second-order valence-corrected chi connectivity index (χ2v) is 8.19. The number of nitrogens with one attached hydrogen (secondary N) is 1. The highest BCUT2D eigenvalue weighted by atomic mass is 32.2. The molecule has 2 aromatic rings. The molecule has 3 amide bonds. The second kappa shape index (κ2) is 9.13. The number of benzene rings is 2. The lowest BCUT2D eigenvalue weighted by molar-refractivity contribution is -0.133. The zero-order chi connectivity index (χ0) is 21.0. The minimum atomic E-state index is -0.245. The first-order chi connectivity index (χ1) is 13.8. The van der Waals surface area contributed by atoms with Gasteiger partial charge in [-0.15, -0.1) is 11.8 Å². The molecule has 1 aliphatic rings. The van der Waals surface area contributed by atoms with Gasteiger partial charge in [0.05, 0.1) is 18.0 Å². The molecule has 0 saturated carbocycles. The number of nitrogens with zero attached hydrogens (tertiary/aromatic N) is 2. The summed E-state index contributed by atoms with van der Waals surface area (Å²) in [6, 6.07) is 13.5. The molecule has 0 aliphatic carbocycles. The van der Waals surface area contributed by atoms with E-state index in [-0.39, 0.29) is 30.7 Å². The molecular weight excluding hydrogens is 386 g/mol. The van der Waals surface area contributed by atoms with Crippen molar-refractivity contribution >= 4 is 40.9 Å². The fourth-order valence-corrected chi connectivity index (χ4v) is 4.10. The van der Waals surface area contributed by atoms with Gasteiger partial charge in [0.2, 0.25) is 17.7 Å². The van der Waals surface area contributed by atoms with Crippen LogP contribution in [0.15, 0.2) is 47.4 Å². The van der Waals surface area contributed by atoms with E-state index >= 15 is 0 Å². The van der Waals surface area contributed by atoms with Gasteiger partial charge in [0.1, 0.15) is 0 Å². The third-order valence-corrected chi connectivity index (χ3v) is 5.88. The van der Waals surface area contributed by atoms with Crippen LogP contribution >= 0.6 is 11.8 Å². The summed E-state index contributed by atoms with van der Waals surface area (Å²) in [4.78, 5) is 41.3. The Labute approximate surface area is 175 Å². The number of fused-ring (bicyclic) bond motifs is 1. The van der Waals surface area contributed by atoms with Gasteiger partial charge in [-0.05, 0) is 43.2 Å². The van der Waals surface area contributed by atoms with Gasteiger partial charge in [-0.3, -0.25) is 14.4 Å². The van der Waals surface area contributed by atoms with Gasteiger partial charge in [0, 0.05) is 30.6 Å². The van der Waals surface area contributed by atoms with Crippen molar-refractivity contribution in [1.82, 2.24) is 4.90 Å². The standard InChI is InChI=1S/C22H25N3O3S/c1-15-8-9-16(2)17(12-15)23-20(26)13-24(3)21(27)10-11-25-18-6-4-5-7-19(18)29-14-22(25)28/h4-9,12H,10-11,13-14H2,1-3H3,(H,23,26). The van der Waals surface area contributed by atoms with Crippen molar-refractivity contribution in [1.29, 1.82) is 0 Å². The summed E-state index contributed by atoms with van der Waals surface area (Å²) < 4.78 is 0. The number of carbonyl (C=O) groups excluding carboxylic acids is 3. The number of rotatable bonds is 6. The van der Waals surface area contributed by atoms with Crippen molar-refractivity contribution in [3.8, 4) is 0 Å². The summed E-state index contributed by atoms with van der Waals surface area (Å²) in [5, 5.41) is 2.86. The predicted molar refractivity (Wildman–Crippen MR) is 116 cm³/mol. The minimum Gasteiger partial charge on any atom is -0.336 e. The molecule has 7 heteroatoms. The van der Waals surface area contributed by atoms with E-state index in [9.17, 15) is 14.4 Å². The van der Waals surface area contributed by atoms with E-state index < -0.39 is 0 Å². The average molecular weight is 412 g/mol. The Bertz CT molecular complexity index is 945. The first-order valence-electron chi connectivity index (χ1n) is 9.48. The van der Waals surface area contributed by atoms with Gasteiger partial charge in [0.15, 0.2) is 0 Å². The van der Waals surface area contributed by atoms with E-state index in [4.69, 9.17) is 0 Å². The molecule has 6 nitrogen and oxygen atoms in total. The maximum absolute atomic E-state index is 12.5. The van der Waals surface area contributed by atoms with Gasteiger partial charge in [-0.1, -0.05) is 24.3 Å². The zero-order valence-corrected chi connectivity index (χ0v) is 17.7. The van der Waals surface area contributed by atoms with Gasteiger partial charge >= 0.3 is 0 Å². The lowest BCUT2D eigenvalue weighted by atomic mass is 10.1. The van der Waals surface area contributed by atoms with Crippen molar-refractivity contribution in [2.75, 3.05) is 36.1 Å². The van der Waals surface area contributed by atoms with E-state index in [0.29, 0.717) is 12.3 Å². The van der Waals surface area contributed by atoms with Crippen LogP contribution in [-0.2, 0) is 14.4 Å². The normalized spacial score (nSPS) is 13.1. The quantitative estimate of drug-likeness (QED) is 0.792. The van der Waals surface area contributed by atoms with Gasteiger partial charge in [-0.25, -0.2) is 0 Å². The molecular formula is C22H25N3O3S. The van der Waals surface area contributed by atoms with Crippen LogP contribution in [0, 0.1) is 13.8 Å². The van der Waals surface area contributed by atoms with E-state index in [1.165, 1.54) is 16.7 Å². The highest BCUT2D eigenvalue weighted by Gasteiger charge is 2.25. The van der Waals surface area contributed by atoms with Crippen LogP contribution in [0.1, 0.15) is 17.5 Å². The number of carbonyl (C=O) groups is 3. The highest BCUT2D eigenvalue weighted by Crippen LogP contribution is 2.34. The fraction of sp³-hybridized carbons (Fsp3) is 0.318. The van der Waals surface area contributed by atoms with Crippen molar-refractivity contribution < 1.29 is 14.4 Å². The van der Waals surface area contributed by atoms with E-state index in [2.05, 4.69) is 5.32 Å². The molecule has 0 radical (unpaired) electrons. The van der Waals surface area contributed by atoms with Gasteiger partial charge in [-0.2, -0.15) is 0 Å². The maximum Gasteiger partial charge on any atom is 0.243 e. The molecule has 29 heavy (non-hydrogen) atoms. The fourth-order valence-electron chi connectivity index (χ4n) is 3.16.